The number of nitrogens with one attached hydrogen (secondary N) is 1. The number of aromatic nitrogens is 2. The van der Waals surface area contributed by atoms with Crippen LogP contribution in [0, 0.1) is 6.92 Å². The van der Waals surface area contributed by atoms with Gasteiger partial charge in [0.25, 0.3) is 0 Å². The highest BCUT2D eigenvalue weighted by Gasteiger charge is 2.09. The van der Waals surface area contributed by atoms with Crippen LogP contribution in [0.3, 0.4) is 0 Å². The van der Waals surface area contributed by atoms with Gasteiger partial charge in [0, 0.05) is 48.7 Å². The van der Waals surface area contributed by atoms with Crippen LogP contribution in [0.15, 0.2) is 6.20 Å². The molecule has 6 heteroatoms. The Kier molecular flexibility index (Phi) is 6.35. The lowest BCUT2D eigenvalue weighted by Gasteiger charge is -2.12. The molecule has 1 aromatic rings. The van der Waals surface area contributed by atoms with Crippen molar-refractivity contribution in [1.82, 2.24) is 9.55 Å². The first kappa shape index (κ1) is 15.2. The van der Waals surface area contributed by atoms with Gasteiger partial charge in [-0.3, -0.25) is 4.21 Å². The summed E-state index contributed by atoms with van der Waals surface area (Å²) >= 11 is 0. The Bertz CT molecular complexity index is 393. The maximum Gasteiger partial charge on any atom is 0.203 e. The van der Waals surface area contributed by atoms with E-state index in [1.165, 1.54) is 0 Å². The Labute approximate surface area is 111 Å². The molecule has 2 atom stereocenters. The fourth-order valence-electron chi connectivity index (χ4n) is 1.61. The molecule has 1 rings (SSSR count). The fourth-order valence-corrected chi connectivity index (χ4v) is 2.05. The lowest BCUT2D eigenvalue weighted by Crippen LogP contribution is -2.16. The van der Waals surface area contributed by atoms with Gasteiger partial charge >= 0.3 is 0 Å². The van der Waals surface area contributed by atoms with Crippen molar-refractivity contribution >= 4 is 16.7 Å². The SMILES string of the molecule is COCCNc1nc(C)cn1CCC(C)S(C)=O. The van der Waals surface area contributed by atoms with Crippen molar-refractivity contribution in [3.63, 3.8) is 0 Å². The van der Waals surface area contributed by atoms with E-state index in [2.05, 4.69) is 14.9 Å². The monoisotopic (exact) mass is 273 g/mol. The quantitative estimate of drug-likeness (QED) is 0.728. The van der Waals surface area contributed by atoms with Crippen molar-refractivity contribution in [1.29, 1.82) is 0 Å². The van der Waals surface area contributed by atoms with Gasteiger partial charge in [-0.25, -0.2) is 4.98 Å². The minimum Gasteiger partial charge on any atom is -0.383 e. The van der Waals surface area contributed by atoms with E-state index in [-0.39, 0.29) is 5.25 Å². The Balaban J connectivity index is 2.55. The van der Waals surface area contributed by atoms with Crippen LogP contribution in [0.25, 0.3) is 0 Å². The van der Waals surface area contributed by atoms with Crippen LogP contribution in [0.2, 0.25) is 0 Å². The molecule has 0 aliphatic carbocycles. The van der Waals surface area contributed by atoms with E-state index in [9.17, 15) is 4.21 Å². The number of aryl methyl sites for hydroxylation is 2. The summed E-state index contributed by atoms with van der Waals surface area (Å²) in [5.74, 6) is 0.860. The second-order valence-corrected chi connectivity index (χ2v) is 6.22. The number of methoxy groups -OCH3 is 1. The number of nitrogens with zero attached hydrogens (tertiary/aromatic N) is 2. The van der Waals surface area contributed by atoms with E-state index < -0.39 is 10.8 Å². The smallest absolute Gasteiger partial charge is 0.203 e. The zero-order valence-corrected chi connectivity index (χ0v) is 12.4. The van der Waals surface area contributed by atoms with Gasteiger partial charge in [0.05, 0.1) is 12.3 Å². The number of ether oxygens (including phenoxy) is 1. The summed E-state index contributed by atoms with van der Waals surface area (Å²) in [7, 11) is 0.914. The third-order valence-corrected chi connectivity index (χ3v) is 4.20. The summed E-state index contributed by atoms with van der Waals surface area (Å²) in [6.45, 7) is 6.21. The van der Waals surface area contributed by atoms with Crippen LogP contribution < -0.4 is 5.32 Å². The maximum absolute atomic E-state index is 11.3. The molecular weight excluding hydrogens is 250 g/mol. The summed E-state index contributed by atoms with van der Waals surface area (Å²) in [4.78, 5) is 4.43. The average molecular weight is 273 g/mol. The van der Waals surface area contributed by atoms with E-state index >= 15 is 0 Å². The van der Waals surface area contributed by atoms with E-state index in [0.29, 0.717) is 6.61 Å². The minimum absolute atomic E-state index is 0.208. The second-order valence-electron chi connectivity index (χ2n) is 4.42. The van der Waals surface area contributed by atoms with Crippen molar-refractivity contribution in [3.05, 3.63) is 11.9 Å². The molecule has 18 heavy (non-hydrogen) atoms. The molecule has 1 aromatic heterocycles. The molecule has 1 heterocycles. The number of rotatable bonds is 8. The molecule has 2 unspecified atom stereocenters. The number of anilines is 1. The highest BCUT2D eigenvalue weighted by molar-refractivity contribution is 7.84. The van der Waals surface area contributed by atoms with Gasteiger partial charge in [-0.1, -0.05) is 6.92 Å². The highest BCUT2D eigenvalue weighted by atomic mass is 32.2. The van der Waals surface area contributed by atoms with Gasteiger partial charge < -0.3 is 14.6 Å². The molecular formula is C12H23N3O2S. The zero-order chi connectivity index (χ0) is 13.5. The van der Waals surface area contributed by atoms with Crippen LogP contribution in [-0.2, 0) is 22.1 Å². The predicted octanol–water partition coefficient (Wildman–Crippen LogP) is 1.41. The van der Waals surface area contributed by atoms with Crippen LogP contribution in [0.5, 0.6) is 0 Å². The first-order valence-corrected chi connectivity index (χ1v) is 7.75. The standard InChI is InChI=1S/C12H23N3O2S/c1-10-9-15(7-5-11(2)18(4)16)12(14-10)13-6-8-17-3/h9,11H,5-8H2,1-4H3,(H,13,14). The molecule has 0 aliphatic rings. The fraction of sp³-hybridized carbons (Fsp3) is 0.750. The Morgan fingerprint density at radius 3 is 2.94 bits per heavy atom. The van der Waals surface area contributed by atoms with Gasteiger partial charge in [-0.2, -0.15) is 0 Å². The third-order valence-electron chi connectivity index (χ3n) is 2.83. The summed E-state index contributed by atoms with van der Waals surface area (Å²) in [6.07, 6.45) is 4.65. The van der Waals surface area contributed by atoms with E-state index in [4.69, 9.17) is 4.74 Å². The Hall–Kier alpha value is -0.880. The molecule has 0 radical (unpaired) electrons. The average Bonchev–Trinajstić information content (AvgIpc) is 2.67. The molecule has 0 amide bonds. The first-order chi connectivity index (χ1) is 8.54. The third kappa shape index (κ3) is 4.78. The van der Waals surface area contributed by atoms with Crippen molar-refractivity contribution in [3.8, 4) is 0 Å². The number of imidazole rings is 1. The van der Waals surface area contributed by atoms with Gasteiger partial charge in [0.15, 0.2) is 0 Å². The van der Waals surface area contributed by atoms with E-state index in [1.807, 2.05) is 20.0 Å². The van der Waals surface area contributed by atoms with Crippen molar-refractivity contribution in [2.24, 2.45) is 0 Å². The molecule has 0 aliphatic heterocycles. The molecule has 0 spiro atoms. The lowest BCUT2D eigenvalue weighted by atomic mass is 10.3. The summed E-state index contributed by atoms with van der Waals surface area (Å²) in [6, 6.07) is 0. The Morgan fingerprint density at radius 2 is 2.33 bits per heavy atom. The van der Waals surface area contributed by atoms with Gasteiger partial charge in [-0.05, 0) is 13.3 Å². The van der Waals surface area contributed by atoms with Crippen LogP contribution in [0.1, 0.15) is 19.0 Å². The summed E-state index contributed by atoms with van der Waals surface area (Å²) in [5.41, 5.74) is 0.986. The first-order valence-electron chi connectivity index (χ1n) is 6.13. The largest absolute Gasteiger partial charge is 0.383 e. The molecule has 0 saturated heterocycles. The van der Waals surface area contributed by atoms with Crippen molar-refractivity contribution < 1.29 is 8.95 Å². The zero-order valence-electron chi connectivity index (χ0n) is 11.6. The molecule has 5 nitrogen and oxygen atoms in total. The van der Waals surface area contributed by atoms with E-state index in [1.54, 1.807) is 13.4 Å². The number of hydrogen-bond donors (Lipinski definition) is 1. The van der Waals surface area contributed by atoms with Crippen LogP contribution in [0.4, 0.5) is 5.95 Å². The van der Waals surface area contributed by atoms with E-state index in [0.717, 1.165) is 31.2 Å². The van der Waals surface area contributed by atoms with Crippen molar-refractivity contribution in [2.75, 3.05) is 31.8 Å². The molecule has 0 saturated carbocycles. The second kappa shape index (κ2) is 7.53. The summed E-state index contributed by atoms with van der Waals surface area (Å²) < 4.78 is 18.4. The van der Waals surface area contributed by atoms with Gasteiger partial charge in [0.2, 0.25) is 5.95 Å². The molecule has 1 N–H and O–H groups in total. The normalized spacial score (nSPS) is 14.4. The minimum atomic E-state index is -0.765. The molecule has 104 valence electrons. The van der Waals surface area contributed by atoms with Gasteiger partial charge in [-0.15, -0.1) is 0 Å². The highest BCUT2D eigenvalue weighted by Crippen LogP contribution is 2.11. The molecule has 0 bridgehead atoms. The molecule has 0 fully saturated rings. The maximum atomic E-state index is 11.3. The number of hydrogen-bond acceptors (Lipinski definition) is 4. The topological polar surface area (TPSA) is 56.1 Å². The summed E-state index contributed by atoms with van der Waals surface area (Å²) in [5, 5.41) is 3.45. The molecule has 0 aromatic carbocycles. The van der Waals surface area contributed by atoms with Crippen LogP contribution >= 0.6 is 0 Å². The lowest BCUT2D eigenvalue weighted by molar-refractivity contribution is 0.210. The predicted molar refractivity (Wildman–Crippen MR) is 75.5 cm³/mol. The van der Waals surface area contributed by atoms with Crippen molar-refractivity contribution in [2.45, 2.75) is 32.1 Å². The van der Waals surface area contributed by atoms with Gasteiger partial charge in [0.1, 0.15) is 0 Å². The van der Waals surface area contributed by atoms with Crippen LogP contribution in [-0.4, -0.2) is 45.5 Å². The Morgan fingerprint density at radius 1 is 1.61 bits per heavy atom.